The monoisotopic (exact) mass is 465 g/mol. The summed E-state index contributed by atoms with van der Waals surface area (Å²) < 4.78 is 1.53. The Balaban J connectivity index is 2.01. The number of rotatable bonds is 5. The molecule has 1 N–H and O–H groups in total. The first kappa shape index (κ1) is 18.3. The van der Waals surface area contributed by atoms with E-state index in [0.717, 1.165) is 15.4 Å². The molecule has 3 rings (SSSR count). The molecule has 2 aromatic carbocycles. The van der Waals surface area contributed by atoms with Gasteiger partial charge in [0.25, 0.3) is 5.91 Å². The van der Waals surface area contributed by atoms with Gasteiger partial charge in [-0.2, -0.15) is 0 Å². The second-order valence-electron chi connectivity index (χ2n) is 6.09. The molecule has 0 spiro atoms. The Kier molecular flexibility index (Phi) is 5.14. The summed E-state index contributed by atoms with van der Waals surface area (Å²) in [5.74, 6) is -0.716. The fraction of sp³-hybridized carbons (Fsp3) is 0.263. The molecule has 4 nitrogen and oxygen atoms in total. The van der Waals surface area contributed by atoms with Gasteiger partial charge in [-0.15, -0.1) is 0 Å². The van der Waals surface area contributed by atoms with Gasteiger partial charge in [0.1, 0.15) is 0 Å². The van der Waals surface area contributed by atoms with Crippen LogP contribution in [0.1, 0.15) is 35.7 Å². The van der Waals surface area contributed by atoms with E-state index in [1.807, 2.05) is 19.1 Å². The molecule has 0 saturated heterocycles. The van der Waals surface area contributed by atoms with Crippen molar-refractivity contribution in [3.63, 3.8) is 0 Å². The fourth-order valence-corrected chi connectivity index (χ4v) is 3.90. The molecule has 130 valence electrons. The number of hydrogen-bond acceptors (Lipinski definition) is 3. The summed E-state index contributed by atoms with van der Waals surface area (Å²) in [5, 5.41) is 11.2. The summed E-state index contributed by atoms with van der Waals surface area (Å²) in [7, 11) is 0. The predicted octanol–water partition coefficient (Wildman–Crippen LogP) is 4.43. The standard InChI is InChI=1S/C19H17Br2NO3/c1-2-8-22-16-7-6-14(21)10-15(16)19(25,18(22)24)11-17(23)12-4-3-5-13(20)9-12/h3-7,9-10,25H,2,8,11H2,1H3. The van der Waals surface area contributed by atoms with Gasteiger partial charge in [0.15, 0.2) is 11.4 Å². The molecule has 1 aliphatic rings. The van der Waals surface area contributed by atoms with Crippen LogP contribution < -0.4 is 4.90 Å². The third kappa shape index (κ3) is 3.30. The zero-order valence-electron chi connectivity index (χ0n) is 13.6. The van der Waals surface area contributed by atoms with Crippen molar-refractivity contribution in [3.05, 3.63) is 62.5 Å². The van der Waals surface area contributed by atoms with Gasteiger partial charge in [-0.25, -0.2) is 0 Å². The van der Waals surface area contributed by atoms with Crippen molar-refractivity contribution in [2.75, 3.05) is 11.4 Å². The number of hydrogen-bond donors (Lipinski definition) is 1. The van der Waals surface area contributed by atoms with E-state index in [2.05, 4.69) is 31.9 Å². The van der Waals surface area contributed by atoms with Crippen LogP contribution in [-0.2, 0) is 10.4 Å². The first-order valence-corrected chi connectivity index (χ1v) is 9.58. The maximum Gasteiger partial charge on any atom is 0.264 e. The Morgan fingerprint density at radius 3 is 2.56 bits per heavy atom. The summed E-state index contributed by atoms with van der Waals surface area (Å²) in [5.41, 5.74) is -0.238. The first-order chi connectivity index (χ1) is 11.9. The number of nitrogens with zero attached hydrogens (tertiary/aromatic N) is 1. The zero-order valence-corrected chi connectivity index (χ0v) is 16.8. The van der Waals surface area contributed by atoms with Crippen LogP contribution in [0.25, 0.3) is 0 Å². The minimum Gasteiger partial charge on any atom is -0.375 e. The van der Waals surface area contributed by atoms with Crippen LogP contribution in [0.3, 0.4) is 0 Å². The van der Waals surface area contributed by atoms with Gasteiger partial charge in [0.05, 0.1) is 12.1 Å². The lowest BCUT2D eigenvalue weighted by molar-refractivity contribution is -0.135. The quantitative estimate of drug-likeness (QED) is 0.663. The lowest BCUT2D eigenvalue weighted by Gasteiger charge is -2.22. The normalized spacial score (nSPS) is 19.2. The van der Waals surface area contributed by atoms with Crippen molar-refractivity contribution in [1.29, 1.82) is 0 Å². The Labute approximate surface area is 163 Å². The highest BCUT2D eigenvalue weighted by atomic mass is 79.9. The smallest absolute Gasteiger partial charge is 0.264 e. The molecule has 1 amide bonds. The Morgan fingerprint density at radius 2 is 1.88 bits per heavy atom. The SMILES string of the molecule is CCCN1C(=O)C(O)(CC(=O)c2cccc(Br)c2)c2cc(Br)ccc21. The molecule has 6 heteroatoms. The van der Waals surface area contributed by atoms with E-state index in [9.17, 15) is 14.7 Å². The molecule has 2 aromatic rings. The van der Waals surface area contributed by atoms with E-state index in [0.29, 0.717) is 23.4 Å². The summed E-state index contributed by atoms with van der Waals surface area (Å²) in [6.45, 7) is 2.47. The molecular weight excluding hydrogens is 450 g/mol. The molecule has 1 aliphatic heterocycles. The zero-order chi connectivity index (χ0) is 18.2. The Bertz CT molecular complexity index is 852. The summed E-state index contributed by atoms with van der Waals surface area (Å²) in [4.78, 5) is 27.2. The van der Waals surface area contributed by atoms with Crippen LogP contribution in [0.4, 0.5) is 5.69 Å². The first-order valence-electron chi connectivity index (χ1n) is 8.00. The third-order valence-electron chi connectivity index (χ3n) is 4.30. The second kappa shape index (κ2) is 7.02. The number of aliphatic hydroxyl groups is 1. The topological polar surface area (TPSA) is 57.6 Å². The van der Waals surface area contributed by atoms with E-state index in [-0.39, 0.29) is 12.2 Å². The average molecular weight is 467 g/mol. The van der Waals surface area contributed by atoms with E-state index in [1.54, 1.807) is 35.2 Å². The van der Waals surface area contributed by atoms with Crippen molar-refractivity contribution in [3.8, 4) is 0 Å². The van der Waals surface area contributed by atoms with Crippen molar-refractivity contribution in [2.45, 2.75) is 25.4 Å². The molecule has 0 fully saturated rings. The summed E-state index contributed by atoms with van der Waals surface area (Å²) in [6, 6.07) is 12.3. The highest BCUT2D eigenvalue weighted by Gasteiger charge is 2.50. The lowest BCUT2D eigenvalue weighted by Crippen LogP contribution is -2.42. The van der Waals surface area contributed by atoms with Gasteiger partial charge in [0.2, 0.25) is 0 Å². The molecule has 0 aromatic heterocycles. The second-order valence-corrected chi connectivity index (χ2v) is 7.92. The minimum absolute atomic E-state index is 0.276. The van der Waals surface area contributed by atoms with Crippen molar-refractivity contribution < 1.29 is 14.7 Å². The van der Waals surface area contributed by atoms with Crippen LogP contribution >= 0.6 is 31.9 Å². The van der Waals surface area contributed by atoms with Gasteiger partial charge < -0.3 is 10.0 Å². The highest BCUT2D eigenvalue weighted by molar-refractivity contribution is 9.10. The predicted molar refractivity (Wildman–Crippen MR) is 104 cm³/mol. The number of carbonyl (C=O) groups excluding carboxylic acids is 2. The number of halogens is 2. The van der Waals surface area contributed by atoms with Crippen LogP contribution in [0, 0.1) is 0 Å². The van der Waals surface area contributed by atoms with Crippen molar-refractivity contribution in [1.82, 2.24) is 0 Å². The highest BCUT2D eigenvalue weighted by Crippen LogP contribution is 2.44. The van der Waals surface area contributed by atoms with E-state index in [4.69, 9.17) is 0 Å². The van der Waals surface area contributed by atoms with E-state index in [1.165, 1.54) is 0 Å². The lowest BCUT2D eigenvalue weighted by atomic mass is 9.88. The molecule has 0 bridgehead atoms. The number of carbonyl (C=O) groups is 2. The largest absolute Gasteiger partial charge is 0.375 e. The van der Waals surface area contributed by atoms with Crippen LogP contribution in [-0.4, -0.2) is 23.3 Å². The maximum atomic E-state index is 12.9. The number of Topliss-reactive ketones (excluding diaryl/α,β-unsaturated/α-hetero) is 1. The van der Waals surface area contributed by atoms with Crippen molar-refractivity contribution in [2.24, 2.45) is 0 Å². The number of fused-ring (bicyclic) bond motifs is 1. The third-order valence-corrected chi connectivity index (χ3v) is 5.29. The van der Waals surface area contributed by atoms with Crippen LogP contribution in [0.15, 0.2) is 51.4 Å². The number of benzene rings is 2. The molecule has 1 heterocycles. The van der Waals surface area contributed by atoms with E-state index < -0.39 is 11.5 Å². The Morgan fingerprint density at radius 1 is 1.16 bits per heavy atom. The minimum atomic E-state index is -1.84. The molecule has 0 radical (unpaired) electrons. The number of ketones is 1. The van der Waals surface area contributed by atoms with Gasteiger partial charge in [-0.3, -0.25) is 9.59 Å². The maximum absolute atomic E-state index is 12.9. The number of amides is 1. The van der Waals surface area contributed by atoms with E-state index >= 15 is 0 Å². The number of anilines is 1. The molecule has 1 atom stereocenters. The van der Waals surface area contributed by atoms with Gasteiger partial charge in [-0.05, 0) is 36.8 Å². The van der Waals surface area contributed by atoms with Crippen LogP contribution in [0.2, 0.25) is 0 Å². The van der Waals surface area contributed by atoms with Crippen LogP contribution in [0.5, 0.6) is 0 Å². The van der Waals surface area contributed by atoms with Gasteiger partial charge >= 0.3 is 0 Å². The summed E-state index contributed by atoms with van der Waals surface area (Å²) >= 11 is 6.72. The van der Waals surface area contributed by atoms with Gasteiger partial charge in [0, 0.05) is 26.6 Å². The van der Waals surface area contributed by atoms with Gasteiger partial charge in [-0.1, -0.05) is 50.9 Å². The van der Waals surface area contributed by atoms with Crippen molar-refractivity contribution >= 4 is 49.2 Å². The average Bonchev–Trinajstić information content (AvgIpc) is 2.77. The molecule has 0 saturated carbocycles. The fourth-order valence-electron chi connectivity index (χ4n) is 3.14. The summed E-state index contributed by atoms with van der Waals surface area (Å²) in [6.07, 6.45) is 0.475. The Hall–Kier alpha value is -1.50. The molecule has 25 heavy (non-hydrogen) atoms. The molecule has 1 unspecified atom stereocenters. The molecular formula is C19H17Br2NO3. The molecule has 0 aliphatic carbocycles.